The van der Waals surface area contributed by atoms with Crippen molar-refractivity contribution in [1.29, 1.82) is 0 Å². The Balaban J connectivity index is 1.70. The smallest absolute Gasteiger partial charge is 0.129 e. The molecule has 0 N–H and O–H groups in total. The Labute approximate surface area is 114 Å². The van der Waals surface area contributed by atoms with Crippen molar-refractivity contribution in [3.8, 4) is 11.5 Å². The van der Waals surface area contributed by atoms with Gasteiger partial charge in [-0.3, -0.25) is 0 Å². The van der Waals surface area contributed by atoms with E-state index in [1.54, 1.807) is 0 Å². The second kappa shape index (κ2) is 5.35. The summed E-state index contributed by atoms with van der Waals surface area (Å²) >= 11 is 0. The van der Waals surface area contributed by atoms with Gasteiger partial charge in [-0.05, 0) is 29.7 Å². The van der Waals surface area contributed by atoms with Gasteiger partial charge in [0.1, 0.15) is 18.1 Å². The summed E-state index contributed by atoms with van der Waals surface area (Å²) in [6.07, 6.45) is 2.06. The van der Waals surface area contributed by atoms with Crippen molar-refractivity contribution in [2.45, 2.75) is 26.4 Å². The molecule has 0 aliphatic carbocycles. The fraction of sp³-hybridized carbons (Fsp3) is 0.294. The molecule has 0 amide bonds. The lowest BCUT2D eigenvalue weighted by molar-refractivity contribution is 0.292. The second-order valence-corrected chi connectivity index (χ2v) is 4.79. The number of hydrogen-bond acceptors (Lipinski definition) is 2. The highest BCUT2D eigenvalue weighted by Gasteiger charge is 2.15. The summed E-state index contributed by atoms with van der Waals surface area (Å²) < 4.78 is 11.5. The molecular weight excluding hydrogens is 236 g/mol. The second-order valence-electron chi connectivity index (χ2n) is 4.79. The van der Waals surface area contributed by atoms with Crippen LogP contribution in [0.2, 0.25) is 0 Å². The molecule has 1 heterocycles. The van der Waals surface area contributed by atoms with Crippen LogP contribution in [0.15, 0.2) is 42.5 Å². The Morgan fingerprint density at radius 3 is 2.74 bits per heavy atom. The van der Waals surface area contributed by atoms with Gasteiger partial charge in [-0.1, -0.05) is 37.3 Å². The average molecular weight is 254 g/mol. The fourth-order valence-corrected chi connectivity index (χ4v) is 2.38. The van der Waals surface area contributed by atoms with Gasteiger partial charge in [0.25, 0.3) is 0 Å². The average Bonchev–Trinajstić information content (AvgIpc) is 2.94. The first-order valence-corrected chi connectivity index (χ1v) is 6.82. The van der Waals surface area contributed by atoms with Crippen molar-refractivity contribution in [2.75, 3.05) is 6.61 Å². The highest BCUT2D eigenvalue weighted by Crippen LogP contribution is 2.30. The van der Waals surface area contributed by atoms with Crippen LogP contribution < -0.4 is 9.47 Å². The van der Waals surface area contributed by atoms with Crippen LogP contribution in [0, 0.1) is 0 Å². The molecule has 0 bridgehead atoms. The highest BCUT2D eigenvalue weighted by molar-refractivity contribution is 5.44. The van der Waals surface area contributed by atoms with Crippen molar-refractivity contribution in [3.05, 3.63) is 59.2 Å². The third kappa shape index (κ3) is 2.58. The Kier molecular flexibility index (Phi) is 3.41. The zero-order valence-electron chi connectivity index (χ0n) is 11.2. The van der Waals surface area contributed by atoms with Gasteiger partial charge < -0.3 is 9.47 Å². The van der Waals surface area contributed by atoms with Gasteiger partial charge in [0.2, 0.25) is 0 Å². The van der Waals surface area contributed by atoms with Crippen LogP contribution in [0.25, 0.3) is 0 Å². The van der Waals surface area contributed by atoms with Crippen molar-refractivity contribution < 1.29 is 9.47 Å². The number of aryl methyl sites for hydroxylation is 1. The predicted octanol–water partition coefficient (Wildman–Crippen LogP) is 3.76. The van der Waals surface area contributed by atoms with Crippen molar-refractivity contribution in [3.63, 3.8) is 0 Å². The van der Waals surface area contributed by atoms with E-state index in [1.807, 2.05) is 12.1 Å². The number of rotatable bonds is 4. The van der Waals surface area contributed by atoms with Gasteiger partial charge in [0, 0.05) is 12.0 Å². The van der Waals surface area contributed by atoms with Gasteiger partial charge in [-0.25, -0.2) is 0 Å². The first kappa shape index (κ1) is 12.1. The molecule has 3 rings (SSSR count). The maximum atomic E-state index is 5.84. The van der Waals surface area contributed by atoms with Crippen LogP contribution >= 0.6 is 0 Å². The third-order valence-electron chi connectivity index (χ3n) is 3.52. The quantitative estimate of drug-likeness (QED) is 0.827. The third-order valence-corrected chi connectivity index (χ3v) is 3.52. The summed E-state index contributed by atoms with van der Waals surface area (Å²) in [5, 5.41) is 0. The van der Waals surface area contributed by atoms with E-state index in [9.17, 15) is 0 Å². The zero-order valence-corrected chi connectivity index (χ0v) is 11.2. The zero-order chi connectivity index (χ0) is 13.1. The molecule has 0 fully saturated rings. The summed E-state index contributed by atoms with van der Waals surface area (Å²) in [7, 11) is 0. The molecule has 19 heavy (non-hydrogen) atoms. The fourth-order valence-electron chi connectivity index (χ4n) is 2.38. The van der Waals surface area contributed by atoms with Crippen LogP contribution in [0.5, 0.6) is 11.5 Å². The van der Waals surface area contributed by atoms with E-state index < -0.39 is 0 Å². The van der Waals surface area contributed by atoms with E-state index in [-0.39, 0.29) is 0 Å². The van der Waals surface area contributed by atoms with Gasteiger partial charge in [-0.2, -0.15) is 0 Å². The predicted molar refractivity (Wildman–Crippen MR) is 75.8 cm³/mol. The van der Waals surface area contributed by atoms with E-state index in [1.165, 1.54) is 11.1 Å². The summed E-state index contributed by atoms with van der Waals surface area (Å²) in [6, 6.07) is 14.6. The highest BCUT2D eigenvalue weighted by atomic mass is 16.5. The largest absolute Gasteiger partial charge is 0.493 e. The topological polar surface area (TPSA) is 18.5 Å². The molecule has 2 heteroatoms. The lowest BCUT2D eigenvalue weighted by Gasteiger charge is -2.10. The summed E-state index contributed by atoms with van der Waals surface area (Å²) in [5.74, 6) is 1.93. The minimum Gasteiger partial charge on any atom is -0.493 e. The standard InChI is InChI=1S/C17H18O2/c1-2-13-6-8-16(9-7-13)19-12-15-5-3-4-14-10-11-18-17(14)15/h3-9H,2,10-12H2,1H3. The minimum absolute atomic E-state index is 0.564. The van der Waals surface area contributed by atoms with Crippen LogP contribution in [0.1, 0.15) is 23.6 Å². The lowest BCUT2D eigenvalue weighted by Crippen LogP contribution is -1.98. The molecule has 0 unspecified atom stereocenters. The van der Waals surface area contributed by atoms with E-state index in [2.05, 4.69) is 37.3 Å². The van der Waals surface area contributed by atoms with E-state index >= 15 is 0 Å². The van der Waals surface area contributed by atoms with Crippen LogP contribution in [0.3, 0.4) is 0 Å². The summed E-state index contributed by atoms with van der Waals surface area (Å²) in [4.78, 5) is 0. The van der Waals surface area contributed by atoms with Gasteiger partial charge >= 0.3 is 0 Å². The molecule has 1 aliphatic heterocycles. The molecule has 0 radical (unpaired) electrons. The first-order chi connectivity index (χ1) is 9.36. The molecule has 2 aromatic carbocycles. The Hall–Kier alpha value is -1.96. The maximum Gasteiger partial charge on any atom is 0.129 e. The van der Waals surface area contributed by atoms with Crippen molar-refractivity contribution >= 4 is 0 Å². The maximum absolute atomic E-state index is 5.84. The van der Waals surface area contributed by atoms with E-state index in [0.29, 0.717) is 6.61 Å². The molecule has 0 saturated carbocycles. The van der Waals surface area contributed by atoms with Gasteiger partial charge in [0.05, 0.1) is 6.61 Å². The summed E-state index contributed by atoms with van der Waals surface area (Å²) in [6.45, 7) is 3.51. The first-order valence-electron chi connectivity index (χ1n) is 6.82. The van der Waals surface area contributed by atoms with E-state index in [0.717, 1.165) is 36.5 Å². The number of ether oxygens (including phenoxy) is 2. The van der Waals surface area contributed by atoms with Gasteiger partial charge in [0.15, 0.2) is 0 Å². The molecule has 98 valence electrons. The molecular formula is C17H18O2. The van der Waals surface area contributed by atoms with Crippen LogP contribution in [-0.4, -0.2) is 6.61 Å². The molecule has 0 spiro atoms. The van der Waals surface area contributed by atoms with Crippen molar-refractivity contribution in [2.24, 2.45) is 0 Å². The van der Waals surface area contributed by atoms with Crippen LogP contribution in [-0.2, 0) is 19.4 Å². The number of hydrogen-bond donors (Lipinski definition) is 0. The lowest BCUT2D eigenvalue weighted by atomic mass is 10.1. The van der Waals surface area contributed by atoms with E-state index in [4.69, 9.17) is 9.47 Å². The SMILES string of the molecule is CCc1ccc(OCc2cccc3c2OCC3)cc1. The molecule has 0 saturated heterocycles. The normalized spacial score (nSPS) is 12.9. The monoisotopic (exact) mass is 254 g/mol. The number of benzene rings is 2. The Morgan fingerprint density at radius 2 is 1.95 bits per heavy atom. The van der Waals surface area contributed by atoms with Crippen molar-refractivity contribution in [1.82, 2.24) is 0 Å². The van der Waals surface area contributed by atoms with Crippen LogP contribution in [0.4, 0.5) is 0 Å². The Bertz CT molecular complexity index is 558. The molecule has 2 aromatic rings. The molecule has 1 aliphatic rings. The molecule has 0 aromatic heterocycles. The van der Waals surface area contributed by atoms with Gasteiger partial charge in [-0.15, -0.1) is 0 Å². The minimum atomic E-state index is 0.564. The number of fused-ring (bicyclic) bond motifs is 1. The summed E-state index contributed by atoms with van der Waals surface area (Å²) in [5.41, 5.74) is 3.76. The Morgan fingerprint density at radius 1 is 1.11 bits per heavy atom. The molecule has 0 atom stereocenters. The molecule has 2 nitrogen and oxygen atoms in total. The number of para-hydroxylation sites is 1.